The monoisotopic (exact) mass is 346 g/mol. The van der Waals surface area contributed by atoms with Gasteiger partial charge in [0, 0.05) is 12.2 Å². The highest BCUT2D eigenvalue weighted by Gasteiger charge is 2.10. The minimum Gasteiger partial charge on any atom is -0.388 e. The Morgan fingerprint density at radius 2 is 2.04 bits per heavy atom. The molecule has 6 heteroatoms. The van der Waals surface area contributed by atoms with Gasteiger partial charge >= 0.3 is 0 Å². The Balaban J connectivity index is 1.37. The van der Waals surface area contributed by atoms with Gasteiger partial charge < -0.3 is 9.63 Å². The van der Waals surface area contributed by atoms with Gasteiger partial charge in [0.05, 0.1) is 11.0 Å². The van der Waals surface area contributed by atoms with E-state index in [4.69, 9.17) is 4.52 Å². The van der Waals surface area contributed by atoms with Crippen molar-refractivity contribution in [2.45, 2.75) is 18.9 Å². The number of nitrogens with zero attached hydrogens (tertiary/aromatic N) is 2. The Morgan fingerprint density at radius 3 is 2.83 bits per heavy atom. The van der Waals surface area contributed by atoms with Crippen LogP contribution < -0.4 is 0 Å². The molecule has 0 amide bonds. The second-order valence-corrected chi connectivity index (χ2v) is 7.19. The predicted octanol–water partition coefficient (Wildman–Crippen LogP) is 4.20. The molecule has 1 atom stereocenters. The van der Waals surface area contributed by atoms with Crippen molar-refractivity contribution in [2.24, 2.45) is 0 Å². The number of aliphatic hydroxyl groups is 1. The number of thiophene rings is 1. The summed E-state index contributed by atoms with van der Waals surface area (Å²) in [6.45, 7) is 0. The van der Waals surface area contributed by atoms with E-state index in [-0.39, 0.29) is 0 Å². The molecule has 0 aliphatic carbocycles. The summed E-state index contributed by atoms with van der Waals surface area (Å²) >= 11 is 3.35. The van der Waals surface area contributed by atoms with Crippen molar-refractivity contribution in [1.29, 1.82) is 0 Å². The third-order valence-electron chi connectivity index (χ3n) is 3.35. The second kappa shape index (κ2) is 8.29. The SMILES string of the molecule is OC(CSCCCc1nc(-c2cccs2)no1)c1ccccc1. The van der Waals surface area contributed by atoms with Crippen LogP contribution >= 0.6 is 23.1 Å². The lowest BCUT2D eigenvalue weighted by Crippen LogP contribution is -2.01. The van der Waals surface area contributed by atoms with Crippen molar-refractivity contribution in [3.8, 4) is 10.7 Å². The number of rotatable bonds is 8. The molecule has 0 bridgehead atoms. The second-order valence-electron chi connectivity index (χ2n) is 5.09. The highest BCUT2D eigenvalue weighted by Crippen LogP contribution is 2.22. The molecule has 0 saturated carbocycles. The number of hydrogen-bond acceptors (Lipinski definition) is 6. The molecular formula is C17H18N2O2S2. The van der Waals surface area contributed by atoms with E-state index in [1.807, 2.05) is 47.8 Å². The number of benzene rings is 1. The average molecular weight is 346 g/mol. The molecule has 2 heterocycles. The van der Waals surface area contributed by atoms with Crippen molar-refractivity contribution in [3.05, 3.63) is 59.3 Å². The zero-order chi connectivity index (χ0) is 15.9. The summed E-state index contributed by atoms with van der Waals surface area (Å²) in [6, 6.07) is 13.7. The van der Waals surface area contributed by atoms with Gasteiger partial charge in [0.1, 0.15) is 0 Å². The highest BCUT2D eigenvalue weighted by molar-refractivity contribution is 7.99. The zero-order valence-corrected chi connectivity index (χ0v) is 14.2. The van der Waals surface area contributed by atoms with Gasteiger partial charge in [0.25, 0.3) is 0 Å². The molecule has 0 saturated heterocycles. The van der Waals surface area contributed by atoms with Crippen molar-refractivity contribution in [3.63, 3.8) is 0 Å². The van der Waals surface area contributed by atoms with Crippen LogP contribution in [0.5, 0.6) is 0 Å². The van der Waals surface area contributed by atoms with Crippen LogP contribution in [0.2, 0.25) is 0 Å². The average Bonchev–Trinajstić information content (AvgIpc) is 3.26. The van der Waals surface area contributed by atoms with E-state index < -0.39 is 6.10 Å². The van der Waals surface area contributed by atoms with Crippen LogP contribution in [0, 0.1) is 0 Å². The fourth-order valence-electron chi connectivity index (χ4n) is 2.15. The Morgan fingerprint density at radius 1 is 1.17 bits per heavy atom. The lowest BCUT2D eigenvalue weighted by atomic mass is 10.1. The first-order chi connectivity index (χ1) is 11.3. The standard InChI is InChI=1S/C17H18N2O2S2/c20-14(13-6-2-1-3-7-13)12-22-10-5-9-16-18-17(19-21-16)15-8-4-11-23-15/h1-4,6-8,11,14,20H,5,9-10,12H2. The third kappa shape index (κ3) is 4.67. The number of aliphatic hydroxyl groups excluding tert-OH is 1. The van der Waals surface area contributed by atoms with E-state index in [2.05, 4.69) is 10.1 Å². The molecule has 1 aromatic carbocycles. The van der Waals surface area contributed by atoms with Gasteiger partial charge in [-0.1, -0.05) is 41.6 Å². The first-order valence-electron chi connectivity index (χ1n) is 7.50. The quantitative estimate of drug-likeness (QED) is 0.620. The molecule has 4 nitrogen and oxygen atoms in total. The van der Waals surface area contributed by atoms with E-state index in [1.54, 1.807) is 23.1 Å². The van der Waals surface area contributed by atoms with Crippen molar-refractivity contribution >= 4 is 23.1 Å². The van der Waals surface area contributed by atoms with Gasteiger partial charge in [-0.05, 0) is 29.2 Å². The molecule has 1 N–H and O–H groups in total. The summed E-state index contributed by atoms with van der Waals surface area (Å²) in [5.74, 6) is 3.01. The first kappa shape index (κ1) is 16.2. The van der Waals surface area contributed by atoms with Crippen LogP contribution in [0.4, 0.5) is 0 Å². The van der Waals surface area contributed by atoms with Gasteiger partial charge in [-0.15, -0.1) is 11.3 Å². The fourth-order valence-corrected chi connectivity index (χ4v) is 3.73. The van der Waals surface area contributed by atoms with Crippen LogP contribution in [0.25, 0.3) is 10.7 Å². The largest absolute Gasteiger partial charge is 0.388 e. The first-order valence-corrected chi connectivity index (χ1v) is 9.53. The Bertz CT molecular complexity index is 698. The summed E-state index contributed by atoms with van der Waals surface area (Å²) < 4.78 is 5.27. The molecule has 3 aromatic rings. The van der Waals surface area contributed by atoms with E-state index in [1.165, 1.54) is 0 Å². The summed E-state index contributed by atoms with van der Waals surface area (Å²) in [6.07, 6.45) is 1.32. The van der Waals surface area contributed by atoms with E-state index in [0.717, 1.165) is 29.0 Å². The summed E-state index contributed by atoms with van der Waals surface area (Å²) in [5.41, 5.74) is 0.970. The van der Waals surface area contributed by atoms with Gasteiger partial charge in [0.15, 0.2) is 0 Å². The molecule has 0 spiro atoms. The molecule has 0 radical (unpaired) electrons. The van der Waals surface area contributed by atoms with Crippen LogP contribution in [-0.2, 0) is 6.42 Å². The third-order valence-corrected chi connectivity index (χ3v) is 5.34. The van der Waals surface area contributed by atoms with Gasteiger partial charge in [0.2, 0.25) is 11.7 Å². The van der Waals surface area contributed by atoms with Gasteiger partial charge in [-0.2, -0.15) is 16.7 Å². The minimum absolute atomic E-state index is 0.407. The Labute approximate surface area is 143 Å². The van der Waals surface area contributed by atoms with E-state index in [0.29, 0.717) is 17.5 Å². The fraction of sp³-hybridized carbons (Fsp3) is 0.294. The minimum atomic E-state index is -0.407. The van der Waals surface area contributed by atoms with E-state index in [9.17, 15) is 5.11 Å². The van der Waals surface area contributed by atoms with E-state index >= 15 is 0 Å². The maximum absolute atomic E-state index is 10.1. The van der Waals surface area contributed by atoms with Crippen molar-refractivity contribution in [2.75, 3.05) is 11.5 Å². The highest BCUT2D eigenvalue weighted by atomic mass is 32.2. The number of hydrogen-bond donors (Lipinski definition) is 1. The van der Waals surface area contributed by atoms with Crippen molar-refractivity contribution in [1.82, 2.24) is 10.1 Å². The predicted molar refractivity (Wildman–Crippen MR) is 94.7 cm³/mol. The molecule has 2 aromatic heterocycles. The molecule has 3 rings (SSSR count). The van der Waals surface area contributed by atoms with Crippen LogP contribution in [0.15, 0.2) is 52.4 Å². The molecular weight excluding hydrogens is 328 g/mol. The topological polar surface area (TPSA) is 59.2 Å². The lowest BCUT2D eigenvalue weighted by Gasteiger charge is -2.09. The maximum Gasteiger partial charge on any atom is 0.227 e. The lowest BCUT2D eigenvalue weighted by molar-refractivity contribution is 0.204. The molecule has 120 valence electrons. The van der Waals surface area contributed by atoms with Crippen molar-refractivity contribution < 1.29 is 9.63 Å². The van der Waals surface area contributed by atoms with Crippen LogP contribution in [0.3, 0.4) is 0 Å². The Hall–Kier alpha value is -1.63. The van der Waals surface area contributed by atoms with Crippen LogP contribution in [-0.4, -0.2) is 26.8 Å². The molecule has 1 unspecified atom stereocenters. The van der Waals surface area contributed by atoms with Gasteiger partial charge in [-0.25, -0.2) is 0 Å². The zero-order valence-electron chi connectivity index (χ0n) is 12.6. The smallest absolute Gasteiger partial charge is 0.227 e. The summed E-state index contributed by atoms with van der Waals surface area (Å²) in [4.78, 5) is 5.44. The number of aryl methyl sites for hydroxylation is 1. The Kier molecular flexibility index (Phi) is 5.85. The number of aromatic nitrogens is 2. The number of thioether (sulfide) groups is 1. The van der Waals surface area contributed by atoms with Crippen LogP contribution in [0.1, 0.15) is 24.0 Å². The summed E-state index contributed by atoms with van der Waals surface area (Å²) in [7, 11) is 0. The summed E-state index contributed by atoms with van der Waals surface area (Å²) in [5, 5.41) is 16.1. The van der Waals surface area contributed by atoms with Gasteiger partial charge in [-0.3, -0.25) is 0 Å². The normalized spacial score (nSPS) is 12.4. The maximum atomic E-state index is 10.1. The molecule has 0 aliphatic heterocycles. The molecule has 0 aliphatic rings. The molecule has 0 fully saturated rings. The molecule has 23 heavy (non-hydrogen) atoms.